The van der Waals surface area contributed by atoms with Crippen molar-refractivity contribution < 1.29 is 23.1 Å². The molecule has 76 valence electrons. The lowest BCUT2D eigenvalue weighted by molar-refractivity contribution is 0.176. The van der Waals surface area contributed by atoms with Crippen LogP contribution < -0.4 is 0 Å². The first-order valence-electron chi connectivity index (χ1n) is 3.82. The Morgan fingerprint density at radius 3 is 2.15 bits per heavy atom. The average molecular weight is 208 g/mol. The fourth-order valence-corrected chi connectivity index (χ4v) is 1.79. The zero-order valence-corrected chi connectivity index (χ0v) is 8.58. The monoisotopic (exact) mass is 208 g/mol. The molecule has 0 saturated carbocycles. The van der Waals surface area contributed by atoms with E-state index in [9.17, 15) is 9.36 Å². The summed E-state index contributed by atoms with van der Waals surface area (Å²) in [6, 6.07) is 0. The number of carbonyl (C=O) groups excluding carboxylic acids is 1. The molecule has 5 nitrogen and oxygen atoms in total. The van der Waals surface area contributed by atoms with Crippen molar-refractivity contribution in [2.45, 2.75) is 13.8 Å². The Labute approximate surface area is 77.2 Å². The average Bonchev–Trinajstić information content (AvgIpc) is 2.05. The summed E-state index contributed by atoms with van der Waals surface area (Å²) in [6.07, 6.45) is 0.882. The van der Waals surface area contributed by atoms with Gasteiger partial charge in [0.15, 0.2) is 0 Å². The van der Waals surface area contributed by atoms with Gasteiger partial charge in [0, 0.05) is 0 Å². The Bertz CT molecular complexity index is 215. The smallest absolute Gasteiger partial charge is 0.426 e. The lowest BCUT2D eigenvalue weighted by atomic mass is 10.9. The summed E-state index contributed by atoms with van der Waals surface area (Å²) in [5.41, 5.74) is -1.04. The zero-order valence-electron chi connectivity index (χ0n) is 7.69. The van der Waals surface area contributed by atoms with Gasteiger partial charge in [0.05, 0.1) is 19.5 Å². The first kappa shape index (κ1) is 12.4. The SMILES string of the molecule is C=COC(=O)P(=O)(OCC)OCC. The van der Waals surface area contributed by atoms with E-state index in [1.165, 1.54) is 0 Å². The van der Waals surface area contributed by atoms with Crippen LogP contribution in [0.2, 0.25) is 0 Å². The van der Waals surface area contributed by atoms with Gasteiger partial charge in [0.1, 0.15) is 0 Å². The van der Waals surface area contributed by atoms with Crippen LogP contribution in [0.15, 0.2) is 12.8 Å². The molecule has 0 spiro atoms. The summed E-state index contributed by atoms with van der Waals surface area (Å²) in [4.78, 5) is 11.0. The predicted molar refractivity (Wildman–Crippen MR) is 47.5 cm³/mol. The standard InChI is InChI=1S/C7H13O5P/c1-4-10-7(8)13(9,11-5-2)12-6-3/h4H,1,5-6H2,2-3H3. The van der Waals surface area contributed by atoms with Crippen molar-refractivity contribution in [3.8, 4) is 0 Å². The van der Waals surface area contributed by atoms with Gasteiger partial charge in [0.2, 0.25) is 0 Å². The lowest BCUT2D eigenvalue weighted by Crippen LogP contribution is -2.06. The van der Waals surface area contributed by atoms with Crippen LogP contribution in [0.1, 0.15) is 13.8 Å². The number of carbonyl (C=O) groups is 1. The van der Waals surface area contributed by atoms with Crippen molar-refractivity contribution in [1.82, 2.24) is 0 Å². The Hall–Kier alpha value is -0.640. The molecule has 6 heteroatoms. The van der Waals surface area contributed by atoms with Crippen LogP contribution in [0.25, 0.3) is 0 Å². The van der Waals surface area contributed by atoms with E-state index >= 15 is 0 Å². The van der Waals surface area contributed by atoms with Gasteiger partial charge in [-0.1, -0.05) is 6.58 Å². The Kier molecular flexibility index (Phi) is 5.62. The normalized spacial score (nSPS) is 10.9. The van der Waals surface area contributed by atoms with Crippen molar-refractivity contribution in [3.05, 3.63) is 12.8 Å². The molecule has 0 aliphatic carbocycles. The molecule has 0 aliphatic heterocycles. The van der Waals surface area contributed by atoms with E-state index in [0.29, 0.717) is 0 Å². The summed E-state index contributed by atoms with van der Waals surface area (Å²) in [7, 11) is -3.76. The molecular formula is C7H13O5P. The third-order valence-electron chi connectivity index (χ3n) is 1.01. The summed E-state index contributed by atoms with van der Waals surface area (Å²) in [5, 5.41) is 0. The van der Waals surface area contributed by atoms with Crippen molar-refractivity contribution >= 4 is 13.3 Å². The predicted octanol–water partition coefficient (Wildman–Crippen LogP) is 2.53. The van der Waals surface area contributed by atoms with Crippen LogP contribution in [0, 0.1) is 0 Å². The summed E-state index contributed by atoms with van der Waals surface area (Å²) < 4.78 is 25.3. The molecule has 0 bridgehead atoms. The molecule has 0 N–H and O–H groups in total. The quantitative estimate of drug-likeness (QED) is 0.495. The first-order chi connectivity index (χ1) is 6.10. The van der Waals surface area contributed by atoms with Gasteiger partial charge in [-0.05, 0) is 13.8 Å². The molecule has 0 rings (SSSR count). The topological polar surface area (TPSA) is 61.8 Å². The zero-order chi connectivity index (χ0) is 10.3. The maximum Gasteiger partial charge on any atom is 0.438 e. The molecule has 0 aliphatic rings. The van der Waals surface area contributed by atoms with Crippen LogP contribution >= 0.6 is 7.60 Å². The van der Waals surface area contributed by atoms with Crippen molar-refractivity contribution in [2.24, 2.45) is 0 Å². The minimum absolute atomic E-state index is 0.115. The minimum Gasteiger partial charge on any atom is -0.426 e. The van der Waals surface area contributed by atoms with Crippen molar-refractivity contribution in [2.75, 3.05) is 13.2 Å². The third-order valence-corrected chi connectivity index (χ3v) is 2.75. The van der Waals surface area contributed by atoms with Gasteiger partial charge in [-0.25, -0.2) is 9.36 Å². The molecule has 0 aromatic rings. The minimum atomic E-state index is -3.76. The van der Waals surface area contributed by atoms with Crippen LogP contribution in [-0.4, -0.2) is 18.9 Å². The highest BCUT2D eigenvalue weighted by molar-refractivity contribution is 7.71. The van der Waals surface area contributed by atoms with Crippen molar-refractivity contribution in [1.29, 1.82) is 0 Å². The van der Waals surface area contributed by atoms with Crippen LogP contribution in [0.3, 0.4) is 0 Å². The van der Waals surface area contributed by atoms with E-state index in [1.54, 1.807) is 13.8 Å². The van der Waals surface area contributed by atoms with Gasteiger partial charge in [-0.3, -0.25) is 0 Å². The third kappa shape index (κ3) is 3.72. The van der Waals surface area contributed by atoms with E-state index in [-0.39, 0.29) is 13.2 Å². The molecule has 0 aromatic heterocycles. The summed E-state index contributed by atoms with van der Waals surface area (Å²) in [6.45, 7) is 6.60. The maximum atomic E-state index is 11.5. The highest BCUT2D eigenvalue weighted by Gasteiger charge is 2.35. The number of ether oxygens (including phenoxy) is 1. The fraction of sp³-hybridized carbons (Fsp3) is 0.571. The largest absolute Gasteiger partial charge is 0.438 e. The molecule has 0 aromatic carbocycles. The lowest BCUT2D eigenvalue weighted by Gasteiger charge is -2.13. The van der Waals surface area contributed by atoms with Gasteiger partial charge >= 0.3 is 13.3 Å². The van der Waals surface area contributed by atoms with E-state index in [4.69, 9.17) is 9.05 Å². The van der Waals surface area contributed by atoms with E-state index in [2.05, 4.69) is 11.3 Å². The second kappa shape index (κ2) is 5.91. The van der Waals surface area contributed by atoms with Crippen LogP contribution in [0.4, 0.5) is 4.79 Å². The van der Waals surface area contributed by atoms with E-state index in [1.807, 2.05) is 0 Å². The molecular weight excluding hydrogens is 195 g/mol. The molecule has 0 fully saturated rings. The van der Waals surface area contributed by atoms with Crippen LogP contribution in [-0.2, 0) is 18.3 Å². The van der Waals surface area contributed by atoms with Gasteiger partial charge in [-0.15, -0.1) is 0 Å². The molecule has 0 saturated heterocycles. The van der Waals surface area contributed by atoms with Crippen LogP contribution in [0.5, 0.6) is 0 Å². The van der Waals surface area contributed by atoms with Gasteiger partial charge in [-0.2, -0.15) is 0 Å². The number of hydrogen-bond acceptors (Lipinski definition) is 5. The maximum absolute atomic E-state index is 11.5. The molecule has 0 heterocycles. The molecule has 13 heavy (non-hydrogen) atoms. The number of hydrogen-bond donors (Lipinski definition) is 0. The fourth-order valence-electron chi connectivity index (χ4n) is 0.618. The Balaban J connectivity index is 4.46. The highest BCUT2D eigenvalue weighted by atomic mass is 31.2. The first-order valence-corrected chi connectivity index (χ1v) is 5.36. The molecule has 0 unspecified atom stereocenters. The van der Waals surface area contributed by atoms with E-state index in [0.717, 1.165) is 6.26 Å². The highest BCUT2D eigenvalue weighted by Crippen LogP contribution is 2.49. The summed E-state index contributed by atoms with van der Waals surface area (Å²) in [5.74, 6) is 0. The molecule has 0 radical (unpaired) electrons. The second-order valence-corrected chi connectivity index (χ2v) is 3.76. The van der Waals surface area contributed by atoms with Gasteiger partial charge in [0.25, 0.3) is 0 Å². The van der Waals surface area contributed by atoms with E-state index < -0.39 is 13.3 Å². The molecule has 0 atom stereocenters. The number of rotatable bonds is 6. The Morgan fingerprint density at radius 2 is 1.85 bits per heavy atom. The molecule has 0 amide bonds. The summed E-state index contributed by atoms with van der Waals surface area (Å²) >= 11 is 0. The Morgan fingerprint density at radius 1 is 1.38 bits per heavy atom. The van der Waals surface area contributed by atoms with Crippen molar-refractivity contribution in [3.63, 3.8) is 0 Å². The second-order valence-electron chi connectivity index (χ2n) is 1.88. The van der Waals surface area contributed by atoms with Gasteiger partial charge < -0.3 is 13.8 Å².